The smallest absolute Gasteiger partial charge is 0.190 e. The van der Waals surface area contributed by atoms with E-state index in [9.17, 15) is 0 Å². The predicted octanol–water partition coefficient (Wildman–Crippen LogP) is 5.25. The monoisotopic (exact) mass is 404 g/mol. The lowest BCUT2D eigenvalue weighted by molar-refractivity contribution is -0.732. The molecule has 0 saturated carbocycles. The van der Waals surface area contributed by atoms with Crippen molar-refractivity contribution >= 4 is 11.6 Å². The molecular weight excluding hydrogens is 386 g/mol. The Morgan fingerprint density at radius 2 is 1.79 bits per heavy atom. The molecule has 1 aromatic carbocycles. The minimum Gasteiger partial charge on any atom is -0.495 e. The molecular formula is C24H19ClNO3+. The molecule has 29 heavy (non-hydrogen) atoms. The number of methoxy groups -OCH3 is 1. The van der Waals surface area contributed by atoms with Crippen molar-refractivity contribution in [3.63, 3.8) is 0 Å². The van der Waals surface area contributed by atoms with Gasteiger partial charge in [-0.25, -0.2) is 0 Å². The third-order valence-electron chi connectivity index (χ3n) is 6.67. The summed E-state index contributed by atoms with van der Waals surface area (Å²) in [6, 6.07) is 14.8. The summed E-state index contributed by atoms with van der Waals surface area (Å²) in [6.07, 6.45) is 10.3. The van der Waals surface area contributed by atoms with Gasteiger partial charge in [0, 0.05) is 40.8 Å². The van der Waals surface area contributed by atoms with Gasteiger partial charge in [0.25, 0.3) is 0 Å². The molecule has 144 valence electrons. The number of hydrogen-bond acceptors (Lipinski definition) is 3. The van der Waals surface area contributed by atoms with Crippen LogP contribution >= 0.6 is 11.6 Å². The van der Waals surface area contributed by atoms with Crippen molar-refractivity contribution in [3.8, 4) is 5.75 Å². The van der Waals surface area contributed by atoms with E-state index in [1.54, 1.807) is 19.6 Å². The molecule has 0 fully saturated rings. The second-order valence-electron chi connectivity index (χ2n) is 7.76. The van der Waals surface area contributed by atoms with Gasteiger partial charge >= 0.3 is 0 Å². The first-order chi connectivity index (χ1) is 14.3. The molecule has 7 rings (SSSR count). The van der Waals surface area contributed by atoms with E-state index in [0.717, 1.165) is 28.9 Å². The number of aromatic nitrogens is 1. The average Bonchev–Trinajstić information content (AvgIpc) is 3.48. The second-order valence-corrected chi connectivity index (χ2v) is 8.17. The highest BCUT2D eigenvalue weighted by Crippen LogP contribution is 2.62. The minimum atomic E-state index is -0.336. The van der Waals surface area contributed by atoms with Crippen molar-refractivity contribution in [1.82, 2.24) is 0 Å². The second kappa shape index (κ2) is 6.01. The van der Waals surface area contributed by atoms with Crippen molar-refractivity contribution in [2.24, 2.45) is 0 Å². The Balaban J connectivity index is 1.76. The normalized spacial score (nSPS) is 20.9. The summed E-state index contributed by atoms with van der Waals surface area (Å²) in [5, 5.41) is 0.634. The zero-order valence-electron chi connectivity index (χ0n) is 15.8. The Morgan fingerprint density at radius 1 is 1.03 bits per heavy atom. The molecule has 0 spiro atoms. The van der Waals surface area contributed by atoms with Gasteiger partial charge in [-0.2, -0.15) is 4.57 Å². The molecule has 0 N–H and O–H groups in total. The molecule has 2 atom stereocenters. The fourth-order valence-electron chi connectivity index (χ4n) is 5.58. The summed E-state index contributed by atoms with van der Waals surface area (Å²) < 4.78 is 19.4. The number of fused-ring (bicyclic) bond motifs is 1. The van der Waals surface area contributed by atoms with Crippen molar-refractivity contribution < 1.29 is 18.1 Å². The van der Waals surface area contributed by atoms with Crippen LogP contribution in [0, 0.1) is 0 Å². The Kier molecular flexibility index (Phi) is 3.51. The van der Waals surface area contributed by atoms with E-state index in [1.165, 1.54) is 11.3 Å². The first-order valence-corrected chi connectivity index (χ1v) is 10.0. The molecule has 0 saturated heterocycles. The zero-order chi connectivity index (χ0) is 19.6. The van der Waals surface area contributed by atoms with Gasteiger partial charge in [0.05, 0.1) is 48.5 Å². The van der Waals surface area contributed by atoms with E-state index in [0.29, 0.717) is 5.02 Å². The van der Waals surface area contributed by atoms with Gasteiger partial charge in [0.1, 0.15) is 5.75 Å². The number of benzene rings is 1. The lowest BCUT2D eigenvalue weighted by Gasteiger charge is -2.48. The Hall–Kier alpha value is -2.98. The van der Waals surface area contributed by atoms with Crippen LogP contribution in [0.15, 0.2) is 82.5 Å². The topological polar surface area (TPSA) is 39.4 Å². The SMILES string of the molecule is COc1c(Cl)ccc2c1[C@@H]1c3cccc[n+]3[C@H]2CC1(c1ccoc1)c1ccoc1. The minimum absolute atomic E-state index is 0.00699. The van der Waals surface area contributed by atoms with E-state index in [2.05, 4.69) is 47.2 Å². The standard InChI is InChI=1S/C24H19ClNO3/c1-27-23-18(25)6-5-17-20-12-24(15-7-10-28-13-15,16-8-11-29-14-16)22(21(17)23)19-4-2-3-9-26(19)20/h2-11,13-14,20,22H,12H2,1H3/q+1/t20-,22-/m0/s1. The van der Waals surface area contributed by atoms with Crippen molar-refractivity contribution in [1.29, 1.82) is 0 Å². The van der Waals surface area contributed by atoms with E-state index in [4.69, 9.17) is 25.2 Å². The highest BCUT2D eigenvalue weighted by Gasteiger charge is 2.61. The maximum Gasteiger partial charge on any atom is 0.190 e. The predicted molar refractivity (Wildman–Crippen MR) is 107 cm³/mol. The van der Waals surface area contributed by atoms with Crippen LogP contribution < -0.4 is 9.30 Å². The van der Waals surface area contributed by atoms with Crippen LogP contribution in [0.3, 0.4) is 0 Å². The van der Waals surface area contributed by atoms with E-state index in [1.807, 2.05) is 18.6 Å². The Bertz CT molecular complexity index is 1160. The molecule has 2 bridgehead atoms. The molecule has 4 nitrogen and oxygen atoms in total. The third kappa shape index (κ3) is 2.07. The van der Waals surface area contributed by atoms with E-state index < -0.39 is 0 Å². The molecule has 0 unspecified atom stereocenters. The Morgan fingerprint density at radius 3 is 2.45 bits per heavy atom. The fraction of sp³-hybridized carbons (Fsp3) is 0.208. The van der Waals surface area contributed by atoms with Crippen LogP contribution in [0.4, 0.5) is 0 Å². The molecule has 5 heteroatoms. The maximum atomic E-state index is 6.60. The van der Waals surface area contributed by atoms with Crippen molar-refractivity contribution in [2.45, 2.75) is 23.8 Å². The number of rotatable bonds is 3. The maximum absolute atomic E-state index is 6.60. The summed E-state index contributed by atoms with van der Waals surface area (Å²) in [5.74, 6) is 0.762. The van der Waals surface area contributed by atoms with Gasteiger partial charge in [-0.1, -0.05) is 23.7 Å². The number of nitrogens with zero attached hydrogens (tertiary/aromatic N) is 1. The lowest BCUT2D eigenvalue weighted by Crippen LogP contribution is -2.60. The van der Waals surface area contributed by atoms with Gasteiger partial charge in [-0.05, 0) is 18.2 Å². The number of pyridine rings is 1. The van der Waals surface area contributed by atoms with Crippen LogP contribution in [0.5, 0.6) is 5.75 Å². The number of furan rings is 2. The third-order valence-corrected chi connectivity index (χ3v) is 6.97. The lowest BCUT2D eigenvalue weighted by atomic mass is 9.54. The summed E-state index contributed by atoms with van der Waals surface area (Å²) in [6.45, 7) is 0. The summed E-state index contributed by atoms with van der Waals surface area (Å²) >= 11 is 6.60. The first-order valence-electron chi connectivity index (χ1n) is 9.67. The largest absolute Gasteiger partial charge is 0.495 e. The van der Waals surface area contributed by atoms with Gasteiger partial charge in [0.2, 0.25) is 0 Å². The number of hydrogen-bond donors (Lipinski definition) is 0. The summed E-state index contributed by atoms with van der Waals surface area (Å²) in [7, 11) is 1.69. The van der Waals surface area contributed by atoms with Crippen LogP contribution in [0.1, 0.15) is 46.3 Å². The average molecular weight is 405 g/mol. The van der Waals surface area contributed by atoms with Crippen molar-refractivity contribution in [3.05, 3.63) is 107 Å². The molecule has 0 radical (unpaired) electrons. The molecule has 1 aliphatic carbocycles. The van der Waals surface area contributed by atoms with Gasteiger partial charge in [0.15, 0.2) is 17.9 Å². The van der Waals surface area contributed by atoms with E-state index in [-0.39, 0.29) is 17.4 Å². The number of ether oxygens (including phenoxy) is 1. The fourth-order valence-corrected chi connectivity index (χ4v) is 5.82. The van der Waals surface area contributed by atoms with Crippen LogP contribution in [-0.2, 0) is 5.41 Å². The summed E-state index contributed by atoms with van der Waals surface area (Å²) in [5.41, 5.74) is 5.59. The van der Waals surface area contributed by atoms with Crippen molar-refractivity contribution in [2.75, 3.05) is 7.11 Å². The Labute approximate surface area is 173 Å². The molecule has 5 heterocycles. The van der Waals surface area contributed by atoms with Gasteiger partial charge in [-0.15, -0.1) is 0 Å². The van der Waals surface area contributed by atoms with Crippen LogP contribution in [0.25, 0.3) is 0 Å². The van der Waals surface area contributed by atoms with Crippen LogP contribution in [-0.4, -0.2) is 7.11 Å². The summed E-state index contributed by atoms with van der Waals surface area (Å²) in [4.78, 5) is 0. The zero-order valence-corrected chi connectivity index (χ0v) is 16.6. The molecule has 4 aromatic rings. The molecule has 3 aromatic heterocycles. The molecule has 2 aliphatic heterocycles. The van der Waals surface area contributed by atoms with E-state index >= 15 is 0 Å². The molecule has 0 amide bonds. The highest BCUT2D eigenvalue weighted by molar-refractivity contribution is 6.32. The van der Waals surface area contributed by atoms with Crippen LogP contribution in [0.2, 0.25) is 5.02 Å². The highest BCUT2D eigenvalue weighted by atomic mass is 35.5. The number of halogens is 1. The quantitative estimate of drug-likeness (QED) is 0.438. The molecule has 3 aliphatic rings. The van der Waals surface area contributed by atoms with Gasteiger partial charge < -0.3 is 13.6 Å². The first kappa shape index (κ1) is 16.9. The van der Waals surface area contributed by atoms with Gasteiger partial charge in [-0.3, -0.25) is 0 Å².